The molecule has 0 aliphatic carbocycles. The Morgan fingerprint density at radius 1 is 0.574 bits per heavy atom. The molecule has 0 saturated carbocycles. The zero-order valence-corrected chi connectivity index (χ0v) is 34.2. The van der Waals surface area contributed by atoms with Gasteiger partial charge in [-0.2, -0.15) is 4.37 Å². The largest absolute Gasteiger partial charge is 0.492 e. The van der Waals surface area contributed by atoms with E-state index in [0.717, 1.165) is 76.2 Å². The highest BCUT2D eigenvalue weighted by Crippen LogP contribution is 2.48. The number of hydrogen-bond acceptors (Lipinski definition) is 7. The van der Waals surface area contributed by atoms with Gasteiger partial charge < -0.3 is 9.47 Å². The van der Waals surface area contributed by atoms with Crippen molar-refractivity contribution in [3.63, 3.8) is 0 Å². The van der Waals surface area contributed by atoms with Gasteiger partial charge in [-0.05, 0) is 56.2 Å². The summed E-state index contributed by atoms with van der Waals surface area (Å²) < 4.78 is 20.6. The van der Waals surface area contributed by atoms with Crippen LogP contribution in [0.1, 0.15) is 142 Å². The number of fused-ring (bicyclic) bond motifs is 1. The first-order valence-electron chi connectivity index (χ1n) is 18.2. The molecule has 0 aliphatic heterocycles. The molecule has 4 rings (SSSR count). The maximum Gasteiger partial charge on any atom is 0.140 e. The van der Waals surface area contributed by atoms with Gasteiger partial charge in [0.15, 0.2) is 0 Å². The number of nitrogens with zero attached hydrogens (tertiary/aromatic N) is 2. The van der Waals surface area contributed by atoms with Crippen LogP contribution in [0.15, 0.2) is 32.1 Å². The first-order chi connectivity index (χ1) is 23.1. The van der Waals surface area contributed by atoms with Crippen molar-refractivity contribution in [1.29, 1.82) is 0 Å². The zero-order valence-electron chi connectivity index (χ0n) is 28.6. The Kier molecular flexibility index (Phi) is 18.7. The van der Waals surface area contributed by atoms with Crippen molar-refractivity contribution in [2.24, 2.45) is 0 Å². The van der Waals surface area contributed by atoms with Crippen molar-refractivity contribution in [3.8, 4) is 32.5 Å². The van der Waals surface area contributed by atoms with Crippen molar-refractivity contribution in [1.82, 2.24) is 9.36 Å². The summed E-state index contributed by atoms with van der Waals surface area (Å²) in [4.78, 5) is 7.20. The number of pyridine rings is 1. The lowest BCUT2D eigenvalue weighted by molar-refractivity contribution is 0.306. The minimum absolute atomic E-state index is 0.735. The van der Waals surface area contributed by atoms with Gasteiger partial charge in [-0.25, -0.2) is 0 Å². The molecule has 0 saturated heterocycles. The van der Waals surface area contributed by atoms with Crippen LogP contribution < -0.4 is 9.47 Å². The molecule has 0 aliphatic rings. The minimum Gasteiger partial charge on any atom is -0.492 e. The van der Waals surface area contributed by atoms with Crippen molar-refractivity contribution in [2.75, 3.05) is 13.2 Å². The van der Waals surface area contributed by atoms with Crippen LogP contribution in [0.4, 0.5) is 0 Å². The highest BCUT2D eigenvalue weighted by molar-refractivity contribution is 9.11. The maximum absolute atomic E-state index is 6.37. The highest BCUT2D eigenvalue weighted by Gasteiger charge is 2.22. The lowest BCUT2D eigenvalue weighted by atomic mass is 10.1. The molecule has 0 amide bonds. The second kappa shape index (κ2) is 22.7. The Morgan fingerprint density at radius 3 is 1.53 bits per heavy atom. The fourth-order valence-corrected chi connectivity index (χ4v) is 9.90. The molecule has 0 aromatic carbocycles. The average molecular weight is 827 g/mol. The standard InChI is InChI=1S/C38H54Br2N2O2S3/c1-3-5-7-9-11-13-15-17-19-21-23-43-31-25-33(39)45-37(31)30-27-41-35(29-28-42-47-36(29)30)38-32(26-34(40)46-38)44-24-22-20-18-16-14-12-10-8-6-4-2/h25-28H,3-24H2,1-2H3. The zero-order chi connectivity index (χ0) is 33.1. The number of aromatic nitrogens is 2. The van der Waals surface area contributed by atoms with E-state index in [1.807, 2.05) is 12.4 Å². The average Bonchev–Trinajstić information content (AvgIpc) is 3.80. The van der Waals surface area contributed by atoms with Gasteiger partial charge in [0, 0.05) is 29.3 Å². The molecule has 0 atom stereocenters. The molecule has 4 nitrogen and oxygen atoms in total. The van der Waals surface area contributed by atoms with E-state index in [4.69, 9.17) is 14.5 Å². The lowest BCUT2D eigenvalue weighted by Gasteiger charge is -2.10. The van der Waals surface area contributed by atoms with Crippen LogP contribution in [0.2, 0.25) is 0 Å². The summed E-state index contributed by atoms with van der Waals surface area (Å²) in [5.41, 5.74) is 2.03. The number of halogens is 2. The molecule has 0 bridgehead atoms. The predicted molar refractivity (Wildman–Crippen MR) is 214 cm³/mol. The fourth-order valence-electron chi connectivity index (χ4n) is 6.00. The van der Waals surface area contributed by atoms with Crippen molar-refractivity contribution in [2.45, 2.75) is 142 Å². The van der Waals surface area contributed by atoms with Gasteiger partial charge in [-0.15, -0.1) is 22.7 Å². The maximum atomic E-state index is 6.37. The molecule has 47 heavy (non-hydrogen) atoms. The molecule has 4 aromatic heterocycles. The summed E-state index contributed by atoms with van der Waals surface area (Å²) in [6.07, 6.45) is 30.4. The van der Waals surface area contributed by atoms with Gasteiger partial charge >= 0.3 is 0 Å². The molecule has 0 unspecified atom stereocenters. The molecular weight excluding hydrogens is 772 g/mol. The SMILES string of the molecule is CCCCCCCCCCCCOc1cc(Br)sc1-c1ncc(-c2sc(Br)cc2OCCCCCCCCCCCC)c2sncc12. The van der Waals surface area contributed by atoms with E-state index in [2.05, 4.69) is 62.2 Å². The summed E-state index contributed by atoms with van der Waals surface area (Å²) in [7, 11) is 0. The van der Waals surface area contributed by atoms with Gasteiger partial charge in [0.1, 0.15) is 11.5 Å². The molecule has 260 valence electrons. The normalized spacial score (nSPS) is 11.6. The molecule has 9 heteroatoms. The van der Waals surface area contributed by atoms with Gasteiger partial charge in [0.2, 0.25) is 0 Å². The topological polar surface area (TPSA) is 44.2 Å². The third kappa shape index (κ3) is 13.0. The highest BCUT2D eigenvalue weighted by atomic mass is 79.9. The van der Waals surface area contributed by atoms with Crippen LogP contribution in [-0.2, 0) is 0 Å². The summed E-state index contributed by atoms with van der Waals surface area (Å²) in [6, 6.07) is 4.19. The fraction of sp³-hybridized carbons (Fsp3) is 0.632. The molecule has 0 radical (unpaired) electrons. The Balaban J connectivity index is 1.29. The van der Waals surface area contributed by atoms with Crippen LogP contribution in [0.3, 0.4) is 0 Å². The molecule has 4 heterocycles. The quantitative estimate of drug-likeness (QED) is 0.0592. The van der Waals surface area contributed by atoms with Crippen LogP contribution in [0.25, 0.3) is 31.1 Å². The van der Waals surface area contributed by atoms with Crippen molar-refractivity contribution in [3.05, 3.63) is 32.1 Å². The Labute approximate surface area is 312 Å². The number of hydrogen-bond donors (Lipinski definition) is 0. The van der Waals surface area contributed by atoms with Crippen molar-refractivity contribution >= 4 is 76.2 Å². The van der Waals surface area contributed by atoms with E-state index >= 15 is 0 Å². The molecular formula is C38H54Br2N2O2S3. The van der Waals surface area contributed by atoms with E-state index < -0.39 is 0 Å². The third-order valence-electron chi connectivity index (χ3n) is 8.70. The van der Waals surface area contributed by atoms with Crippen LogP contribution in [0, 0.1) is 0 Å². The number of unbranched alkanes of at least 4 members (excludes halogenated alkanes) is 18. The first-order valence-corrected chi connectivity index (χ1v) is 22.2. The predicted octanol–water partition coefficient (Wildman–Crippen LogP) is 15.3. The van der Waals surface area contributed by atoms with Crippen LogP contribution in [-0.4, -0.2) is 22.6 Å². The van der Waals surface area contributed by atoms with Crippen LogP contribution >= 0.6 is 66.1 Å². The number of thiophene rings is 2. The molecule has 4 aromatic rings. The molecule has 0 fully saturated rings. The van der Waals surface area contributed by atoms with Gasteiger partial charge in [-0.3, -0.25) is 4.98 Å². The van der Waals surface area contributed by atoms with E-state index in [1.165, 1.54) is 127 Å². The second-order valence-corrected chi connectivity index (χ2v) is 18.3. The van der Waals surface area contributed by atoms with Gasteiger partial charge in [0.05, 0.1) is 47.1 Å². The van der Waals surface area contributed by atoms with E-state index in [1.54, 1.807) is 22.7 Å². The van der Waals surface area contributed by atoms with Crippen LogP contribution in [0.5, 0.6) is 11.5 Å². The smallest absolute Gasteiger partial charge is 0.140 e. The lowest BCUT2D eigenvalue weighted by Crippen LogP contribution is -1.98. The summed E-state index contributed by atoms with van der Waals surface area (Å²) >= 11 is 12.3. The summed E-state index contributed by atoms with van der Waals surface area (Å²) in [5, 5.41) is 1.07. The third-order valence-corrected chi connectivity index (χ3v) is 12.8. The first kappa shape index (κ1) is 38.8. The second-order valence-electron chi connectivity index (χ2n) is 12.6. The Hall–Kier alpha value is -1.00. The van der Waals surface area contributed by atoms with E-state index in [-0.39, 0.29) is 0 Å². The van der Waals surface area contributed by atoms with E-state index in [9.17, 15) is 0 Å². The van der Waals surface area contributed by atoms with Crippen molar-refractivity contribution < 1.29 is 9.47 Å². The molecule has 0 spiro atoms. The molecule has 0 N–H and O–H groups in total. The Bertz CT molecular complexity index is 1330. The van der Waals surface area contributed by atoms with E-state index in [0.29, 0.717) is 0 Å². The monoisotopic (exact) mass is 824 g/mol. The van der Waals surface area contributed by atoms with Gasteiger partial charge in [-0.1, -0.05) is 129 Å². The summed E-state index contributed by atoms with van der Waals surface area (Å²) in [5.74, 6) is 1.84. The number of ether oxygens (including phenoxy) is 2. The summed E-state index contributed by atoms with van der Waals surface area (Å²) in [6.45, 7) is 6.04. The van der Waals surface area contributed by atoms with Gasteiger partial charge in [0.25, 0.3) is 0 Å². The minimum atomic E-state index is 0.735. The Morgan fingerprint density at radius 2 is 1.02 bits per heavy atom. The number of rotatable bonds is 26.